The van der Waals surface area contributed by atoms with Gasteiger partial charge in [-0.2, -0.15) is 0 Å². The van der Waals surface area contributed by atoms with Gasteiger partial charge < -0.3 is 10.7 Å². The summed E-state index contributed by atoms with van der Waals surface area (Å²) in [5.74, 6) is 0. The smallest absolute Gasteiger partial charge is 0.0662 e. The molecule has 3 rings (SSSR count). The number of aromatic nitrogens is 1. The van der Waals surface area contributed by atoms with Crippen LogP contribution in [0.3, 0.4) is 0 Å². The van der Waals surface area contributed by atoms with Crippen LogP contribution >= 0.6 is 34.8 Å². The molecule has 0 aliphatic heterocycles. The SMILES string of the molecule is NCCCCc1c(-c2cccc(Cl)c2)[nH]c2c(Cl)cc(Cl)cc12. The van der Waals surface area contributed by atoms with E-state index in [2.05, 4.69) is 4.98 Å². The van der Waals surface area contributed by atoms with Crippen molar-refractivity contribution >= 4 is 45.7 Å². The molecule has 0 atom stereocenters. The van der Waals surface area contributed by atoms with Crippen LogP contribution in [0.2, 0.25) is 15.1 Å². The average molecular weight is 368 g/mol. The minimum Gasteiger partial charge on any atom is -0.353 e. The Morgan fingerprint density at radius 1 is 0.957 bits per heavy atom. The Kier molecular flexibility index (Phi) is 5.17. The monoisotopic (exact) mass is 366 g/mol. The van der Waals surface area contributed by atoms with Gasteiger partial charge in [0.1, 0.15) is 0 Å². The van der Waals surface area contributed by atoms with E-state index >= 15 is 0 Å². The zero-order chi connectivity index (χ0) is 16.4. The molecule has 3 aromatic rings. The number of hydrogen-bond donors (Lipinski definition) is 2. The predicted molar refractivity (Wildman–Crippen MR) is 101 cm³/mol. The number of fused-ring (bicyclic) bond motifs is 1. The molecule has 0 amide bonds. The Morgan fingerprint density at radius 3 is 2.52 bits per heavy atom. The van der Waals surface area contributed by atoms with E-state index in [-0.39, 0.29) is 0 Å². The summed E-state index contributed by atoms with van der Waals surface area (Å²) in [7, 11) is 0. The molecule has 0 aliphatic carbocycles. The van der Waals surface area contributed by atoms with Crippen LogP contribution in [0, 0.1) is 0 Å². The quantitative estimate of drug-likeness (QED) is 0.527. The molecule has 0 bridgehead atoms. The van der Waals surface area contributed by atoms with Crippen LogP contribution in [-0.4, -0.2) is 11.5 Å². The van der Waals surface area contributed by atoms with Crippen molar-refractivity contribution in [1.29, 1.82) is 0 Å². The molecular formula is C18H17Cl3N2. The number of aryl methyl sites for hydroxylation is 1. The average Bonchev–Trinajstić information content (AvgIpc) is 2.87. The van der Waals surface area contributed by atoms with Crippen molar-refractivity contribution in [2.45, 2.75) is 19.3 Å². The second kappa shape index (κ2) is 7.14. The summed E-state index contributed by atoms with van der Waals surface area (Å²) in [6, 6.07) is 11.5. The standard InChI is InChI=1S/C18H17Cl3N2/c19-12-5-3-4-11(8-12)17-14(6-1-2-7-22)15-9-13(20)10-16(21)18(15)23-17/h3-5,8-10,23H,1-2,6-7,22H2. The number of hydrogen-bond acceptors (Lipinski definition) is 1. The van der Waals surface area contributed by atoms with Gasteiger partial charge in [0.05, 0.1) is 10.5 Å². The summed E-state index contributed by atoms with van der Waals surface area (Å²) in [6.45, 7) is 0.691. The number of nitrogens with two attached hydrogens (primary N) is 1. The Bertz CT molecular complexity index is 840. The third-order valence-electron chi connectivity index (χ3n) is 3.93. The fraction of sp³-hybridized carbons (Fsp3) is 0.222. The summed E-state index contributed by atoms with van der Waals surface area (Å²) >= 11 is 18.7. The molecular weight excluding hydrogens is 351 g/mol. The second-order valence-electron chi connectivity index (χ2n) is 5.54. The number of H-pyrrole nitrogens is 1. The number of rotatable bonds is 5. The molecule has 0 saturated heterocycles. The Hall–Kier alpha value is -1.19. The van der Waals surface area contributed by atoms with Gasteiger partial charge in [-0.1, -0.05) is 46.9 Å². The first-order valence-electron chi connectivity index (χ1n) is 7.55. The molecule has 0 aliphatic rings. The molecule has 0 unspecified atom stereocenters. The van der Waals surface area contributed by atoms with Gasteiger partial charge in [-0.15, -0.1) is 0 Å². The van der Waals surface area contributed by atoms with Crippen molar-refractivity contribution in [3.05, 3.63) is 57.0 Å². The molecule has 1 heterocycles. The van der Waals surface area contributed by atoms with E-state index in [0.29, 0.717) is 21.6 Å². The van der Waals surface area contributed by atoms with Gasteiger partial charge in [-0.25, -0.2) is 0 Å². The van der Waals surface area contributed by atoms with Crippen molar-refractivity contribution in [2.75, 3.05) is 6.54 Å². The number of unbranched alkanes of at least 4 members (excludes halogenated alkanes) is 1. The predicted octanol–water partition coefficient (Wildman–Crippen LogP) is 6.08. The Morgan fingerprint density at radius 2 is 1.78 bits per heavy atom. The lowest BCUT2D eigenvalue weighted by atomic mass is 10.0. The number of nitrogens with one attached hydrogen (secondary N) is 1. The molecule has 2 nitrogen and oxygen atoms in total. The highest BCUT2D eigenvalue weighted by molar-refractivity contribution is 6.38. The van der Waals surface area contributed by atoms with Crippen molar-refractivity contribution in [3.63, 3.8) is 0 Å². The molecule has 120 valence electrons. The van der Waals surface area contributed by atoms with Crippen LogP contribution in [0.15, 0.2) is 36.4 Å². The van der Waals surface area contributed by atoms with Crippen molar-refractivity contribution in [1.82, 2.24) is 4.98 Å². The van der Waals surface area contributed by atoms with Gasteiger partial charge in [0.2, 0.25) is 0 Å². The van der Waals surface area contributed by atoms with Gasteiger partial charge >= 0.3 is 0 Å². The summed E-state index contributed by atoms with van der Waals surface area (Å²) in [5, 5.41) is 3.03. The molecule has 0 spiro atoms. The van der Waals surface area contributed by atoms with E-state index in [1.807, 2.05) is 30.3 Å². The van der Waals surface area contributed by atoms with Crippen LogP contribution in [-0.2, 0) is 6.42 Å². The third kappa shape index (κ3) is 3.51. The molecule has 3 N–H and O–H groups in total. The lowest BCUT2D eigenvalue weighted by Crippen LogP contribution is -1.99. The van der Waals surface area contributed by atoms with E-state index in [1.54, 1.807) is 6.07 Å². The van der Waals surface area contributed by atoms with E-state index in [0.717, 1.165) is 41.4 Å². The highest BCUT2D eigenvalue weighted by Gasteiger charge is 2.16. The van der Waals surface area contributed by atoms with E-state index in [4.69, 9.17) is 40.5 Å². The van der Waals surface area contributed by atoms with Gasteiger partial charge in [-0.3, -0.25) is 0 Å². The summed E-state index contributed by atoms with van der Waals surface area (Å²) in [4.78, 5) is 3.45. The summed E-state index contributed by atoms with van der Waals surface area (Å²) in [5.41, 5.74) is 9.84. The van der Waals surface area contributed by atoms with Crippen molar-refractivity contribution in [2.24, 2.45) is 5.73 Å². The maximum atomic E-state index is 6.37. The lowest BCUT2D eigenvalue weighted by Gasteiger charge is -2.06. The molecule has 0 fully saturated rings. The number of halogens is 3. The fourth-order valence-electron chi connectivity index (χ4n) is 2.87. The van der Waals surface area contributed by atoms with E-state index in [1.165, 1.54) is 5.56 Å². The molecule has 23 heavy (non-hydrogen) atoms. The first-order valence-corrected chi connectivity index (χ1v) is 8.69. The minimum atomic E-state index is 0.626. The van der Waals surface area contributed by atoms with E-state index in [9.17, 15) is 0 Å². The molecule has 0 saturated carbocycles. The van der Waals surface area contributed by atoms with Crippen LogP contribution in [0.4, 0.5) is 0 Å². The van der Waals surface area contributed by atoms with Crippen LogP contribution in [0.25, 0.3) is 22.2 Å². The first-order chi connectivity index (χ1) is 11.1. The fourth-order valence-corrected chi connectivity index (χ4v) is 3.60. The summed E-state index contributed by atoms with van der Waals surface area (Å²) in [6.07, 6.45) is 2.91. The van der Waals surface area contributed by atoms with Crippen LogP contribution in [0.1, 0.15) is 18.4 Å². The highest BCUT2D eigenvalue weighted by atomic mass is 35.5. The zero-order valence-electron chi connectivity index (χ0n) is 12.5. The van der Waals surface area contributed by atoms with Gasteiger partial charge in [0.25, 0.3) is 0 Å². The molecule has 5 heteroatoms. The third-order valence-corrected chi connectivity index (χ3v) is 4.68. The molecule has 2 aromatic carbocycles. The largest absolute Gasteiger partial charge is 0.353 e. The van der Waals surface area contributed by atoms with Gasteiger partial charge in [0.15, 0.2) is 0 Å². The number of aromatic amines is 1. The Labute approximate surface area is 150 Å². The molecule has 1 aromatic heterocycles. The zero-order valence-corrected chi connectivity index (χ0v) is 14.8. The van der Waals surface area contributed by atoms with Crippen molar-refractivity contribution < 1.29 is 0 Å². The number of benzene rings is 2. The topological polar surface area (TPSA) is 41.8 Å². The first kappa shape index (κ1) is 16.7. The Balaban J connectivity index is 2.19. The minimum absolute atomic E-state index is 0.626. The van der Waals surface area contributed by atoms with Crippen LogP contribution in [0.5, 0.6) is 0 Å². The second-order valence-corrected chi connectivity index (χ2v) is 6.82. The maximum absolute atomic E-state index is 6.37. The van der Waals surface area contributed by atoms with Crippen LogP contribution < -0.4 is 5.73 Å². The highest BCUT2D eigenvalue weighted by Crippen LogP contribution is 2.37. The summed E-state index contributed by atoms with van der Waals surface area (Å²) < 4.78 is 0. The van der Waals surface area contributed by atoms with Gasteiger partial charge in [-0.05, 0) is 61.2 Å². The van der Waals surface area contributed by atoms with E-state index < -0.39 is 0 Å². The van der Waals surface area contributed by atoms with Crippen molar-refractivity contribution in [3.8, 4) is 11.3 Å². The lowest BCUT2D eigenvalue weighted by molar-refractivity contribution is 0.748. The molecule has 0 radical (unpaired) electrons. The maximum Gasteiger partial charge on any atom is 0.0662 e. The normalized spacial score (nSPS) is 11.3. The van der Waals surface area contributed by atoms with Gasteiger partial charge in [0, 0.05) is 21.1 Å².